The maximum absolute atomic E-state index is 9.46. The monoisotopic (exact) mass is 156 g/mol. The van der Waals surface area contributed by atoms with Gasteiger partial charge in [-0.25, -0.2) is 4.99 Å². The van der Waals surface area contributed by atoms with Gasteiger partial charge in [0.1, 0.15) is 5.60 Å². The number of hydrogen-bond donors (Lipinski definition) is 1. The van der Waals surface area contributed by atoms with Crippen molar-refractivity contribution >= 4 is 12.1 Å². The average Bonchev–Trinajstić information content (AvgIpc) is 1.87. The van der Waals surface area contributed by atoms with Gasteiger partial charge in [-0.3, -0.25) is 4.99 Å². The van der Waals surface area contributed by atoms with E-state index in [0.29, 0.717) is 5.84 Å². The summed E-state index contributed by atoms with van der Waals surface area (Å²) < 4.78 is 0. The van der Waals surface area contributed by atoms with Crippen molar-refractivity contribution in [2.45, 2.75) is 32.8 Å². The van der Waals surface area contributed by atoms with Crippen LogP contribution in [0.25, 0.3) is 0 Å². The van der Waals surface area contributed by atoms with Crippen LogP contribution >= 0.6 is 0 Å². The van der Waals surface area contributed by atoms with Gasteiger partial charge in [0.05, 0.1) is 0 Å². The van der Waals surface area contributed by atoms with E-state index in [2.05, 4.69) is 9.98 Å². The van der Waals surface area contributed by atoms with Crippen molar-refractivity contribution in [1.29, 1.82) is 0 Å². The van der Waals surface area contributed by atoms with E-state index in [-0.39, 0.29) is 0 Å². The number of nitrogens with zero attached hydrogens (tertiary/aromatic N) is 2. The summed E-state index contributed by atoms with van der Waals surface area (Å²) in [5.74, 6) is 0.472. The lowest BCUT2D eigenvalue weighted by molar-refractivity contribution is 0.152. The summed E-state index contributed by atoms with van der Waals surface area (Å²) in [6.07, 6.45) is 2.59. The Bertz CT molecular complexity index is 165. The van der Waals surface area contributed by atoms with Gasteiger partial charge in [0, 0.05) is 13.3 Å². The van der Waals surface area contributed by atoms with Crippen LogP contribution in [0.1, 0.15) is 27.2 Å². The Hall–Kier alpha value is -0.700. The van der Waals surface area contributed by atoms with Crippen LogP contribution in [0, 0.1) is 0 Å². The number of rotatable bonds is 2. The number of aliphatic imine (C=N–C) groups is 2. The van der Waals surface area contributed by atoms with Crippen molar-refractivity contribution in [1.82, 2.24) is 0 Å². The summed E-state index contributed by atoms with van der Waals surface area (Å²) in [6, 6.07) is 0. The van der Waals surface area contributed by atoms with E-state index in [1.807, 2.05) is 6.92 Å². The topological polar surface area (TPSA) is 45.0 Å². The highest BCUT2D eigenvalue weighted by molar-refractivity contribution is 5.95. The Labute approximate surface area is 67.9 Å². The normalized spacial score (nSPS) is 14.5. The van der Waals surface area contributed by atoms with Crippen molar-refractivity contribution in [2.24, 2.45) is 9.98 Å². The van der Waals surface area contributed by atoms with Gasteiger partial charge in [-0.1, -0.05) is 6.92 Å². The molecule has 0 aromatic rings. The zero-order valence-corrected chi connectivity index (χ0v) is 7.63. The average molecular weight is 156 g/mol. The number of aliphatic hydroxyl groups is 1. The summed E-state index contributed by atoms with van der Waals surface area (Å²) in [5.41, 5.74) is -0.930. The van der Waals surface area contributed by atoms with Crippen LogP contribution in [-0.2, 0) is 0 Å². The molecule has 0 radical (unpaired) electrons. The molecular formula is C8H16N2O. The predicted octanol–water partition coefficient (Wildman–Crippen LogP) is 1.27. The zero-order chi connectivity index (χ0) is 8.91. The highest BCUT2D eigenvalue weighted by Gasteiger charge is 2.18. The van der Waals surface area contributed by atoms with Crippen LogP contribution < -0.4 is 0 Å². The van der Waals surface area contributed by atoms with Crippen LogP contribution in [-0.4, -0.2) is 29.8 Å². The molecule has 11 heavy (non-hydrogen) atoms. The first-order valence-corrected chi connectivity index (χ1v) is 3.74. The lowest BCUT2D eigenvalue weighted by Crippen LogP contribution is -2.29. The lowest BCUT2D eigenvalue weighted by atomic mass is 10.1. The van der Waals surface area contributed by atoms with Crippen molar-refractivity contribution in [3.63, 3.8) is 0 Å². The fraction of sp³-hybridized carbons (Fsp3) is 0.750. The summed E-state index contributed by atoms with van der Waals surface area (Å²) >= 11 is 0. The maximum Gasteiger partial charge on any atom is 0.154 e. The van der Waals surface area contributed by atoms with Crippen LogP contribution in [0.15, 0.2) is 9.98 Å². The third-order valence-corrected chi connectivity index (χ3v) is 1.16. The Morgan fingerprint density at radius 3 is 2.36 bits per heavy atom. The first-order chi connectivity index (χ1) is 5.02. The lowest BCUT2D eigenvalue weighted by Gasteiger charge is -2.15. The molecule has 0 fully saturated rings. The quantitative estimate of drug-likeness (QED) is 0.475. The minimum atomic E-state index is -0.930. The van der Waals surface area contributed by atoms with Gasteiger partial charge in [-0.2, -0.15) is 0 Å². The first kappa shape index (κ1) is 10.3. The molecule has 0 aliphatic heterocycles. The van der Waals surface area contributed by atoms with Crippen LogP contribution in [0.5, 0.6) is 0 Å². The molecule has 0 spiro atoms. The second-order valence-corrected chi connectivity index (χ2v) is 2.83. The third-order valence-electron chi connectivity index (χ3n) is 1.16. The molecule has 3 nitrogen and oxygen atoms in total. The molecule has 0 saturated carbocycles. The van der Waals surface area contributed by atoms with Crippen LogP contribution in [0.2, 0.25) is 0 Å². The molecule has 0 aliphatic carbocycles. The standard InChI is InChI=1S/C8H16N2O/c1-5-6-10-7(9-4)8(2,3)11/h6,11H,5H2,1-4H3. The molecule has 0 aromatic heterocycles. The second kappa shape index (κ2) is 4.23. The van der Waals surface area contributed by atoms with Crippen molar-refractivity contribution in [2.75, 3.05) is 7.05 Å². The van der Waals surface area contributed by atoms with Gasteiger partial charge in [0.15, 0.2) is 5.84 Å². The highest BCUT2D eigenvalue weighted by Crippen LogP contribution is 2.04. The van der Waals surface area contributed by atoms with Gasteiger partial charge in [-0.05, 0) is 20.3 Å². The van der Waals surface area contributed by atoms with Gasteiger partial charge in [-0.15, -0.1) is 0 Å². The Morgan fingerprint density at radius 1 is 1.55 bits per heavy atom. The molecule has 0 unspecified atom stereocenters. The van der Waals surface area contributed by atoms with Crippen molar-refractivity contribution in [3.05, 3.63) is 0 Å². The zero-order valence-electron chi connectivity index (χ0n) is 7.63. The molecule has 0 saturated heterocycles. The van der Waals surface area contributed by atoms with E-state index in [1.54, 1.807) is 27.1 Å². The Kier molecular flexibility index (Phi) is 3.97. The molecule has 64 valence electrons. The van der Waals surface area contributed by atoms with Gasteiger partial charge < -0.3 is 5.11 Å². The maximum atomic E-state index is 9.46. The summed E-state index contributed by atoms with van der Waals surface area (Å²) in [6.45, 7) is 5.33. The molecule has 0 bridgehead atoms. The predicted molar refractivity (Wildman–Crippen MR) is 48.4 cm³/mol. The molecule has 0 rings (SSSR count). The second-order valence-electron chi connectivity index (χ2n) is 2.83. The summed E-state index contributed by atoms with van der Waals surface area (Å²) in [5, 5.41) is 9.46. The van der Waals surface area contributed by atoms with E-state index in [4.69, 9.17) is 0 Å². The van der Waals surface area contributed by atoms with E-state index in [9.17, 15) is 5.11 Å². The van der Waals surface area contributed by atoms with Crippen molar-refractivity contribution < 1.29 is 5.11 Å². The van der Waals surface area contributed by atoms with E-state index in [0.717, 1.165) is 6.42 Å². The van der Waals surface area contributed by atoms with E-state index in [1.165, 1.54) is 0 Å². The van der Waals surface area contributed by atoms with Gasteiger partial charge in [0.25, 0.3) is 0 Å². The van der Waals surface area contributed by atoms with E-state index >= 15 is 0 Å². The number of hydrogen-bond acceptors (Lipinski definition) is 2. The minimum Gasteiger partial charge on any atom is -0.382 e. The highest BCUT2D eigenvalue weighted by atomic mass is 16.3. The SMILES string of the molecule is CCC=NC(=NC)C(C)(C)O. The molecule has 0 atom stereocenters. The van der Waals surface area contributed by atoms with Gasteiger partial charge >= 0.3 is 0 Å². The Balaban J connectivity index is 4.33. The first-order valence-electron chi connectivity index (χ1n) is 3.74. The van der Waals surface area contributed by atoms with Crippen LogP contribution in [0.3, 0.4) is 0 Å². The minimum absolute atomic E-state index is 0.472. The molecule has 0 amide bonds. The molecule has 0 aromatic carbocycles. The molecular weight excluding hydrogens is 140 g/mol. The van der Waals surface area contributed by atoms with Gasteiger partial charge in [0.2, 0.25) is 0 Å². The Morgan fingerprint density at radius 2 is 2.09 bits per heavy atom. The third kappa shape index (κ3) is 3.88. The summed E-state index contributed by atoms with van der Waals surface area (Å²) in [7, 11) is 1.63. The molecule has 1 N–H and O–H groups in total. The fourth-order valence-corrected chi connectivity index (χ4v) is 0.667. The fourth-order valence-electron chi connectivity index (χ4n) is 0.667. The van der Waals surface area contributed by atoms with Crippen LogP contribution in [0.4, 0.5) is 0 Å². The smallest absolute Gasteiger partial charge is 0.154 e. The number of amidine groups is 1. The largest absolute Gasteiger partial charge is 0.382 e. The molecule has 0 heterocycles. The molecule has 3 heteroatoms. The van der Waals surface area contributed by atoms with Crippen molar-refractivity contribution in [3.8, 4) is 0 Å². The molecule has 0 aliphatic rings. The van der Waals surface area contributed by atoms with E-state index < -0.39 is 5.60 Å². The summed E-state index contributed by atoms with van der Waals surface area (Å²) in [4.78, 5) is 7.87.